The third kappa shape index (κ3) is 7.89. The molecule has 0 radical (unpaired) electrons. The number of carbonyl (C=O) groups is 2. The molecule has 1 saturated heterocycles. The van der Waals surface area contributed by atoms with Gasteiger partial charge in [0.1, 0.15) is 5.75 Å². The van der Waals surface area contributed by atoms with Crippen LogP contribution in [-0.4, -0.2) is 62.4 Å². The summed E-state index contributed by atoms with van der Waals surface area (Å²) in [5.41, 5.74) is 1.63. The summed E-state index contributed by atoms with van der Waals surface area (Å²) in [4.78, 5) is 24.2. The van der Waals surface area contributed by atoms with Crippen LogP contribution in [0, 0.1) is 0 Å². The molecule has 1 amide bonds. The molecule has 0 spiro atoms. The van der Waals surface area contributed by atoms with E-state index in [1.807, 2.05) is 47.8 Å². The van der Waals surface area contributed by atoms with E-state index in [0.717, 1.165) is 0 Å². The number of rotatable bonds is 11. The molecule has 35 heavy (non-hydrogen) atoms. The highest BCUT2D eigenvalue weighted by Crippen LogP contribution is 2.43. The first-order valence-corrected chi connectivity index (χ1v) is 14.9. The van der Waals surface area contributed by atoms with Gasteiger partial charge in [-0.15, -0.1) is 23.5 Å². The Morgan fingerprint density at radius 2 is 1.60 bits per heavy atom. The molecule has 8 nitrogen and oxygen atoms in total. The van der Waals surface area contributed by atoms with Gasteiger partial charge in [0.15, 0.2) is 13.2 Å². The summed E-state index contributed by atoms with van der Waals surface area (Å²) in [7, 11) is -3.57. The number of benzene rings is 2. The zero-order valence-electron chi connectivity index (χ0n) is 19.8. The van der Waals surface area contributed by atoms with Gasteiger partial charge in [-0.05, 0) is 59.9 Å². The van der Waals surface area contributed by atoms with Crippen molar-refractivity contribution in [2.45, 2.75) is 29.7 Å². The number of esters is 1. The molecule has 1 N–H and O–H groups in total. The Bertz CT molecular complexity index is 1080. The van der Waals surface area contributed by atoms with Crippen molar-refractivity contribution in [1.29, 1.82) is 0 Å². The molecule has 1 heterocycles. The number of carbonyl (C=O) groups excluding carboxylic acids is 2. The van der Waals surface area contributed by atoms with Gasteiger partial charge in [-0.3, -0.25) is 4.79 Å². The molecule has 1 aliphatic rings. The van der Waals surface area contributed by atoms with Crippen LogP contribution in [0.2, 0.25) is 0 Å². The van der Waals surface area contributed by atoms with Crippen molar-refractivity contribution in [1.82, 2.24) is 4.31 Å². The predicted molar refractivity (Wildman–Crippen MR) is 140 cm³/mol. The molecule has 2 aromatic carbocycles. The smallest absolute Gasteiger partial charge is 0.344 e. The fraction of sp³-hybridized carbons (Fsp3) is 0.417. The van der Waals surface area contributed by atoms with Crippen molar-refractivity contribution in [3.63, 3.8) is 0 Å². The van der Waals surface area contributed by atoms with Gasteiger partial charge in [-0.25, -0.2) is 13.2 Å². The van der Waals surface area contributed by atoms with Crippen LogP contribution < -0.4 is 10.1 Å². The average molecular weight is 539 g/mol. The van der Waals surface area contributed by atoms with E-state index in [0.29, 0.717) is 29.1 Å². The molecular weight excluding hydrogens is 508 g/mol. The lowest BCUT2D eigenvalue weighted by Gasteiger charge is -2.21. The van der Waals surface area contributed by atoms with E-state index in [9.17, 15) is 18.0 Å². The summed E-state index contributed by atoms with van der Waals surface area (Å²) >= 11 is 3.87. The van der Waals surface area contributed by atoms with Crippen LogP contribution in [0.3, 0.4) is 0 Å². The maximum atomic E-state index is 12.5. The van der Waals surface area contributed by atoms with E-state index in [-0.39, 0.29) is 11.5 Å². The van der Waals surface area contributed by atoms with Crippen LogP contribution in [0.15, 0.2) is 53.4 Å². The van der Waals surface area contributed by atoms with Gasteiger partial charge in [-0.1, -0.05) is 26.0 Å². The van der Waals surface area contributed by atoms with Crippen LogP contribution in [-0.2, 0) is 24.3 Å². The molecule has 0 bridgehead atoms. The highest BCUT2D eigenvalue weighted by molar-refractivity contribution is 8.16. The monoisotopic (exact) mass is 538 g/mol. The quantitative estimate of drug-likeness (QED) is 0.426. The molecule has 0 aromatic heterocycles. The van der Waals surface area contributed by atoms with Crippen LogP contribution in [0.4, 0.5) is 5.69 Å². The predicted octanol–water partition coefficient (Wildman–Crippen LogP) is 4.15. The molecule has 3 rings (SSSR count). The Hall–Kier alpha value is -2.21. The first-order chi connectivity index (χ1) is 16.8. The maximum Gasteiger partial charge on any atom is 0.344 e. The Kier molecular flexibility index (Phi) is 10.3. The minimum absolute atomic E-state index is 0.145. The summed E-state index contributed by atoms with van der Waals surface area (Å²) in [6.45, 7) is 3.50. The molecule has 0 atom stereocenters. The van der Waals surface area contributed by atoms with Gasteiger partial charge < -0.3 is 14.8 Å². The van der Waals surface area contributed by atoms with Crippen molar-refractivity contribution in [3.8, 4) is 5.75 Å². The number of hydrogen-bond acceptors (Lipinski definition) is 8. The number of anilines is 1. The zero-order valence-corrected chi connectivity index (χ0v) is 22.2. The van der Waals surface area contributed by atoms with E-state index in [2.05, 4.69) is 5.32 Å². The van der Waals surface area contributed by atoms with E-state index >= 15 is 0 Å². The Labute approximate surface area is 215 Å². The van der Waals surface area contributed by atoms with Crippen molar-refractivity contribution in [2.24, 2.45) is 0 Å². The molecule has 0 saturated carbocycles. The fourth-order valence-electron chi connectivity index (χ4n) is 3.35. The first kappa shape index (κ1) is 27.4. The largest absolute Gasteiger partial charge is 0.482 e. The minimum Gasteiger partial charge on any atom is -0.482 e. The molecule has 2 aromatic rings. The summed E-state index contributed by atoms with van der Waals surface area (Å²) in [6.07, 6.45) is 1.24. The number of sulfonamides is 1. The second kappa shape index (κ2) is 13.2. The molecule has 1 fully saturated rings. The van der Waals surface area contributed by atoms with Crippen molar-refractivity contribution >= 4 is 51.1 Å². The van der Waals surface area contributed by atoms with E-state index < -0.39 is 28.5 Å². The van der Waals surface area contributed by atoms with Crippen LogP contribution in [0.5, 0.6) is 5.75 Å². The maximum absolute atomic E-state index is 12.5. The number of nitrogens with zero attached hydrogens (tertiary/aromatic N) is 1. The van der Waals surface area contributed by atoms with Crippen LogP contribution in [0.1, 0.15) is 30.4 Å². The number of amides is 1. The van der Waals surface area contributed by atoms with Crippen LogP contribution >= 0.6 is 23.5 Å². The lowest BCUT2D eigenvalue weighted by molar-refractivity contribution is -0.149. The lowest BCUT2D eigenvalue weighted by Crippen LogP contribution is -2.30. The van der Waals surface area contributed by atoms with Gasteiger partial charge in [0, 0.05) is 18.8 Å². The van der Waals surface area contributed by atoms with Gasteiger partial charge in [-0.2, -0.15) is 4.31 Å². The molecule has 11 heteroatoms. The Balaban J connectivity index is 1.41. The second-order valence-electron chi connectivity index (χ2n) is 7.61. The van der Waals surface area contributed by atoms with Crippen LogP contribution in [0.25, 0.3) is 0 Å². The molecule has 1 aliphatic heterocycles. The number of hydrogen-bond donors (Lipinski definition) is 1. The normalized spacial score (nSPS) is 14.5. The van der Waals surface area contributed by atoms with E-state index in [1.54, 1.807) is 13.8 Å². The van der Waals surface area contributed by atoms with Gasteiger partial charge in [0.2, 0.25) is 10.0 Å². The summed E-state index contributed by atoms with van der Waals surface area (Å²) in [6, 6.07) is 13.5. The van der Waals surface area contributed by atoms with Crippen molar-refractivity contribution in [2.75, 3.05) is 43.1 Å². The third-order valence-corrected chi connectivity index (χ3v) is 10.3. The van der Waals surface area contributed by atoms with Gasteiger partial charge in [0.25, 0.3) is 5.91 Å². The number of thioether (sulfide) groups is 2. The molecule has 190 valence electrons. The van der Waals surface area contributed by atoms with E-state index in [4.69, 9.17) is 9.47 Å². The second-order valence-corrected chi connectivity index (χ2v) is 12.3. The SMILES string of the molecule is CCN(CC)S(=O)(=O)c1ccc(NC(=O)COC(=O)COc2ccc(C3SCCCS3)cc2)cc1. The highest BCUT2D eigenvalue weighted by Gasteiger charge is 2.21. The first-order valence-electron chi connectivity index (χ1n) is 11.3. The number of nitrogens with one attached hydrogen (secondary N) is 1. The fourth-order valence-corrected chi connectivity index (χ4v) is 7.70. The molecule has 0 aliphatic carbocycles. The van der Waals surface area contributed by atoms with Crippen molar-refractivity contribution in [3.05, 3.63) is 54.1 Å². The standard InChI is InChI=1S/C24H30N2O6S3/c1-3-26(4-2)35(29,30)21-12-8-19(9-13-21)25-22(27)16-32-23(28)17-31-20-10-6-18(7-11-20)24-33-14-5-15-34-24/h6-13,24H,3-5,14-17H2,1-2H3,(H,25,27). The molecular formula is C24H30N2O6S3. The average Bonchev–Trinajstić information content (AvgIpc) is 2.88. The molecule has 0 unspecified atom stereocenters. The summed E-state index contributed by atoms with van der Waals surface area (Å²) in [5, 5.41) is 2.57. The highest BCUT2D eigenvalue weighted by atomic mass is 32.2. The Morgan fingerprint density at radius 1 is 0.971 bits per heavy atom. The van der Waals surface area contributed by atoms with E-state index in [1.165, 1.54) is 52.1 Å². The topological polar surface area (TPSA) is 102 Å². The third-order valence-electron chi connectivity index (χ3n) is 5.18. The van der Waals surface area contributed by atoms with Gasteiger partial charge in [0.05, 0.1) is 9.48 Å². The lowest BCUT2D eigenvalue weighted by atomic mass is 10.2. The summed E-state index contributed by atoms with van der Waals surface area (Å²) in [5.74, 6) is 1.69. The number of ether oxygens (including phenoxy) is 2. The van der Waals surface area contributed by atoms with Crippen molar-refractivity contribution < 1.29 is 27.5 Å². The minimum atomic E-state index is -3.57. The Morgan fingerprint density at radius 3 is 2.20 bits per heavy atom. The van der Waals surface area contributed by atoms with Gasteiger partial charge >= 0.3 is 5.97 Å². The summed E-state index contributed by atoms with van der Waals surface area (Å²) < 4.78 is 37.3. The zero-order chi connectivity index (χ0) is 25.3.